The van der Waals surface area contributed by atoms with Crippen LogP contribution in [0.15, 0.2) is 53.3 Å². The van der Waals surface area contributed by atoms with Crippen LogP contribution in [0.1, 0.15) is 119 Å². The van der Waals surface area contributed by atoms with Crippen LogP contribution >= 0.6 is 0 Å². The van der Waals surface area contributed by atoms with Crippen LogP contribution in [0.5, 0.6) is 0 Å². The second kappa shape index (κ2) is 16.5. The highest BCUT2D eigenvalue weighted by Crippen LogP contribution is 2.43. The quantitative estimate of drug-likeness (QED) is 0.0829. The maximum absolute atomic E-state index is 14.1. The van der Waals surface area contributed by atoms with Crippen molar-refractivity contribution >= 4 is 40.5 Å². The van der Waals surface area contributed by atoms with Crippen molar-refractivity contribution in [1.82, 2.24) is 5.32 Å². The molecule has 0 bridgehead atoms. The third kappa shape index (κ3) is 7.13. The van der Waals surface area contributed by atoms with Crippen LogP contribution in [-0.4, -0.2) is 59.8 Å². The Bertz CT molecular complexity index is 1480. The first-order chi connectivity index (χ1) is 22.9. The van der Waals surface area contributed by atoms with Gasteiger partial charge in [-0.2, -0.15) is 0 Å². The lowest BCUT2D eigenvalue weighted by atomic mass is 9.69. The molecular formula is C40H59N4O4+. The van der Waals surface area contributed by atoms with Crippen LogP contribution in [0.3, 0.4) is 0 Å². The second-order valence-corrected chi connectivity index (χ2v) is 13.0. The molecular weight excluding hydrogens is 600 g/mol. The number of rotatable bonds is 16. The Morgan fingerprint density at radius 1 is 0.729 bits per heavy atom. The minimum Gasteiger partial charge on any atom is -0.372 e. The molecule has 0 atom stereocenters. The molecule has 1 fully saturated rings. The fraction of sp³-hybridized carbons (Fsp3) is 0.575. The maximum atomic E-state index is 14.1. The van der Waals surface area contributed by atoms with Crippen molar-refractivity contribution in [2.45, 2.75) is 114 Å². The Morgan fingerprint density at radius 3 is 1.69 bits per heavy atom. The Balaban J connectivity index is 2.15. The molecule has 3 rings (SSSR count). The summed E-state index contributed by atoms with van der Waals surface area (Å²) in [6.45, 7) is 23.5. The van der Waals surface area contributed by atoms with Crippen LogP contribution in [0, 0.1) is 10.8 Å². The first kappa shape index (κ1) is 38.6. The fourth-order valence-corrected chi connectivity index (χ4v) is 7.30. The molecule has 0 aromatic heterocycles. The SMILES string of the molecule is CCN(CC)c1ccc(C2C(=O)C(=C3C=CC(=[N+](CC)CC)C=C3NC(=O)C(CC)(CC)CC)C2=O)c(NC(=O)C(CC)(CC)CC)c1. The number of anilines is 2. The zero-order valence-electron chi connectivity index (χ0n) is 31.1. The van der Waals surface area contributed by atoms with Crippen LogP contribution in [0.2, 0.25) is 0 Å². The predicted octanol–water partition coefficient (Wildman–Crippen LogP) is 7.50. The normalized spacial score (nSPS) is 16.5. The maximum Gasteiger partial charge on any atom is 0.230 e. The van der Waals surface area contributed by atoms with Crippen LogP contribution in [-0.2, 0) is 19.2 Å². The summed E-state index contributed by atoms with van der Waals surface area (Å²) in [4.78, 5) is 58.0. The van der Waals surface area contributed by atoms with E-state index in [9.17, 15) is 19.2 Å². The third-order valence-electron chi connectivity index (χ3n) is 11.4. The highest BCUT2D eigenvalue weighted by Gasteiger charge is 2.49. The number of allylic oxidation sites excluding steroid dienone is 4. The number of Topliss-reactive ketones (excluding diaryl/α,β-unsaturated/α-hetero) is 2. The molecule has 0 aliphatic heterocycles. The molecule has 0 unspecified atom stereocenters. The minimum atomic E-state index is -1.03. The van der Waals surface area contributed by atoms with Gasteiger partial charge in [-0.25, -0.2) is 4.58 Å². The lowest BCUT2D eigenvalue weighted by Gasteiger charge is -2.34. The van der Waals surface area contributed by atoms with E-state index in [4.69, 9.17) is 0 Å². The van der Waals surface area contributed by atoms with E-state index in [1.165, 1.54) is 0 Å². The number of hydrogen-bond donors (Lipinski definition) is 2. The molecule has 1 saturated carbocycles. The summed E-state index contributed by atoms with van der Waals surface area (Å²) in [5, 5.41) is 6.30. The van der Waals surface area contributed by atoms with Gasteiger partial charge in [-0.15, -0.1) is 0 Å². The molecule has 8 heteroatoms. The molecule has 2 aliphatic carbocycles. The van der Waals surface area contributed by atoms with Crippen LogP contribution < -0.4 is 15.5 Å². The summed E-state index contributed by atoms with van der Waals surface area (Å²) in [7, 11) is 0. The van der Waals surface area contributed by atoms with E-state index in [0.29, 0.717) is 61.0 Å². The van der Waals surface area contributed by atoms with Gasteiger partial charge in [0.2, 0.25) is 17.5 Å². The molecule has 0 saturated heterocycles. The summed E-state index contributed by atoms with van der Waals surface area (Å²) in [5.41, 5.74) is 2.74. The average Bonchev–Trinajstić information content (AvgIpc) is 3.10. The van der Waals surface area contributed by atoms with E-state index in [-0.39, 0.29) is 29.0 Å². The number of nitrogens with one attached hydrogen (secondary N) is 2. The zero-order valence-corrected chi connectivity index (χ0v) is 31.1. The minimum absolute atomic E-state index is 0.0895. The van der Waals surface area contributed by atoms with Gasteiger partial charge in [-0.05, 0) is 90.0 Å². The van der Waals surface area contributed by atoms with E-state index in [1.54, 1.807) is 6.08 Å². The lowest BCUT2D eigenvalue weighted by Crippen LogP contribution is -2.44. The molecule has 8 nitrogen and oxygen atoms in total. The van der Waals surface area contributed by atoms with Gasteiger partial charge in [0.25, 0.3) is 0 Å². The van der Waals surface area contributed by atoms with Gasteiger partial charge in [0.1, 0.15) is 19.0 Å². The van der Waals surface area contributed by atoms with Crippen LogP contribution in [0.25, 0.3) is 0 Å². The molecule has 0 heterocycles. The monoisotopic (exact) mass is 659 g/mol. The van der Waals surface area contributed by atoms with Crippen molar-refractivity contribution in [1.29, 1.82) is 0 Å². The molecule has 48 heavy (non-hydrogen) atoms. The predicted molar refractivity (Wildman–Crippen MR) is 197 cm³/mol. The standard InChI is InChI=1S/C40H58N4O4/c1-11-39(12-2,13-3)37(47)41-31-25-27(43(17-7)18-8)21-23-29(31)33-35(45)34(36(33)46)30-24-22-28(44(19-9)20-10)26-32(30)42-38(48)40(14-4,15-5)16-6/h21-26,33H,11-20H2,1-10H3,(H,41,47)/p+1. The van der Waals surface area contributed by atoms with Crippen molar-refractivity contribution in [2.24, 2.45) is 10.8 Å². The Kier molecular flexibility index (Phi) is 13.3. The number of ketones is 2. The summed E-state index contributed by atoms with van der Waals surface area (Å²) in [6, 6.07) is 5.64. The van der Waals surface area contributed by atoms with Gasteiger partial charge in [0.15, 0.2) is 11.6 Å². The summed E-state index contributed by atoms with van der Waals surface area (Å²) < 4.78 is 2.17. The number of carbonyl (C=O) groups excluding carboxylic acids is 4. The van der Waals surface area contributed by atoms with E-state index in [2.05, 4.69) is 47.8 Å². The molecule has 2 N–H and O–H groups in total. The van der Waals surface area contributed by atoms with E-state index in [1.807, 2.05) is 71.9 Å². The first-order valence-electron chi connectivity index (χ1n) is 18.3. The van der Waals surface area contributed by atoms with Gasteiger partial charge in [0.05, 0.1) is 11.3 Å². The molecule has 2 aliphatic rings. The van der Waals surface area contributed by atoms with Crippen molar-refractivity contribution in [3.05, 3.63) is 58.8 Å². The largest absolute Gasteiger partial charge is 0.372 e. The van der Waals surface area contributed by atoms with Crippen molar-refractivity contribution in [3.63, 3.8) is 0 Å². The van der Waals surface area contributed by atoms with Crippen molar-refractivity contribution in [3.8, 4) is 0 Å². The summed E-state index contributed by atoms with van der Waals surface area (Å²) in [6.07, 6.45) is 9.69. The van der Waals surface area contributed by atoms with E-state index in [0.717, 1.165) is 37.6 Å². The fourth-order valence-electron chi connectivity index (χ4n) is 7.30. The van der Waals surface area contributed by atoms with E-state index >= 15 is 0 Å². The summed E-state index contributed by atoms with van der Waals surface area (Å²) in [5.74, 6) is -1.85. The highest BCUT2D eigenvalue weighted by atomic mass is 16.2. The van der Waals surface area contributed by atoms with Gasteiger partial charge >= 0.3 is 0 Å². The Morgan fingerprint density at radius 2 is 1.23 bits per heavy atom. The molecule has 1 aromatic rings. The Hall–Kier alpha value is -3.81. The highest BCUT2D eigenvalue weighted by molar-refractivity contribution is 6.43. The van der Waals surface area contributed by atoms with Gasteiger partial charge in [-0.3, -0.25) is 19.2 Å². The zero-order chi connectivity index (χ0) is 35.8. The van der Waals surface area contributed by atoms with Crippen molar-refractivity contribution in [2.75, 3.05) is 36.4 Å². The first-order valence-corrected chi connectivity index (χ1v) is 18.3. The second-order valence-electron chi connectivity index (χ2n) is 13.0. The number of amides is 2. The number of carbonyl (C=O) groups is 4. The van der Waals surface area contributed by atoms with Gasteiger partial charge < -0.3 is 15.5 Å². The number of hydrogen-bond acceptors (Lipinski definition) is 5. The lowest BCUT2D eigenvalue weighted by molar-refractivity contribution is -0.519. The molecule has 0 spiro atoms. The number of nitrogens with zero attached hydrogens (tertiary/aromatic N) is 2. The molecule has 0 radical (unpaired) electrons. The van der Waals surface area contributed by atoms with E-state index < -0.39 is 16.7 Å². The van der Waals surface area contributed by atoms with Crippen LogP contribution in [0.4, 0.5) is 11.4 Å². The molecule has 262 valence electrons. The third-order valence-corrected chi connectivity index (χ3v) is 11.4. The molecule has 2 amide bonds. The van der Waals surface area contributed by atoms with Gasteiger partial charge in [0, 0.05) is 53.0 Å². The topological polar surface area (TPSA) is 98.6 Å². The number of benzene rings is 1. The smallest absolute Gasteiger partial charge is 0.230 e. The average molecular weight is 660 g/mol. The Labute approximate surface area is 288 Å². The van der Waals surface area contributed by atoms with Crippen molar-refractivity contribution < 1.29 is 23.8 Å². The van der Waals surface area contributed by atoms with Gasteiger partial charge in [-0.1, -0.05) is 47.6 Å². The summed E-state index contributed by atoms with van der Waals surface area (Å²) >= 11 is 0. The molecule has 1 aromatic carbocycles.